The van der Waals surface area contributed by atoms with Crippen molar-refractivity contribution in [3.8, 4) is 28.0 Å². The van der Waals surface area contributed by atoms with Crippen molar-refractivity contribution in [1.29, 1.82) is 5.26 Å². The van der Waals surface area contributed by atoms with Crippen LogP contribution in [0.5, 0.6) is 11.5 Å². The number of β-amino-alcohol motifs (C(OH)–C–C–N with tert-alkyl or cyclic N) is 1. The maximum absolute atomic E-state index is 14.4. The summed E-state index contributed by atoms with van der Waals surface area (Å²) in [5.41, 5.74) is 4.22. The van der Waals surface area contributed by atoms with Crippen LogP contribution in [0.2, 0.25) is 5.02 Å². The fourth-order valence-electron chi connectivity index (χ4n) is 12.2. The second-order valence-electron chi connectivity index (χ2n) is 23.6. The van der Waals surface area contributed by atoms with Crippen LogP contribution in [0.4, 0.5) is 0 Å². The number of likely N-dealkylation sites (tertiary alicyclic amines) is 1. The van der Waals surface area contributed by atoms with Gasteiger partial charge in [0.1, 0.15) is 49.0 Å². The average molecular weight is 1090 g/mol. The molecule has 1 aromatic heterocycles. The van der Waals surface area contributed by atoms with Gasteiger partial charge in [0.15, 0.2) is 0 Å². The van der Waals surface area contributed by atoms with Crippen molar-refractivity contribution in [3.63, 3.8) is 0 Å². The van der Waals surface area contributed by atoms with Crippen molar-refractivity contribution in [2.75, 3.05) is 52.5 Å². The summed E-state index contributed by atoms with van der Waals surface area (Å²) < 4.78 is 18.9. The SMILES string of the molecule is Cc1ncsc1-c1ccc([C@H](C)NC(=O)[C@@H]2C[C@@H](O)CN2C(=O)C(NC(=O)CO[C@@H]2CCCC[C@H]2N2CCN(CCOc3ccc(C(=O)NC4C(C)(C)C(Oc5ccc(C#N)c(Cl)c5)C4(C)C)cc3)CC2)C(C)(C)C)cc1. The van der Waals surface area contributed by atoms with E-state index >= 15 is 0 Å². The van der Waals surface area contributed by atoms with E-state index in [-0.39, 0.29) is 72.6 Å². The van der Waals surface area contributed by atoms with Gasteiger partial charge in [0.25, 0.3) is 5.91 Å². The number of rotatable bonds is 18. The van der Waals surface area contributed by atoms with Crippen LogP contribution in [0, 0.1) is 34.5 Å². The number of aliphatic hydroxyl groups is 1. The number of nitrogens with one attached hydrogen (secondary N) is 3. The first-order valence-electron chi connectivity index (χ1n) is 27.1. The van der Waals surface area contributed by atoms with Crippen molar-refractivity contribution in [1.82, 2.24) is 35.6 Å². The number of hydrogen-bond donors (Lipinski definition) is 4. The molecule has 4 aliphatic rings. The normalized spacial score (nSPS) is 24.2. The van der Waals surface area contributed by atoms with Crippen molar-refractivity contribution >= 4 is 46.6 Å². The maximum atomic E-state index is 14.4. The molecule has 2 saturated carbocycles. The Kier molecular flexibility index (Phi) is 18.1. The van der Waals surface area contributed by atoms with Gasteiger partial charge in [0.05, 0.1) is 44.9 Å². The van der Waals surface area contributed by atoms with Gasteiger partial charge in [-0.1, -0.05) is 97.2 Å². The van der Waals surface area contributed by atoms with E-state index in [1.54, 1.807) is 41.7 Å². The summed E-state index contributed by atoms with van der Waals surface area (Å²) in [5.74, 6) is -0.0578. The minimum absolute atomic E-state index is 0.00831. The lowest BCUT2D eigenvalue weighted by molar-refractivity contribution is -0.164. The number of aromatic nitrogens is 1. The number of hydrogen-bond acceptors (Lipinski definition) is 13. The molecule has 0 radical (unpaired) electrons. The molecule has 4 N–H and O–H groups in total. The first-order chi connectivity index (χ1) is 36.5. The van der Waals surface area contributed by atoms with Crippen molar-refractivity contribution in [3.05, 3.63) is 99.6 Å². The van der Waals surface area contributed by atoms with E-state index in [1.165, 1.54) is 4.90 Å². The largest absolute Gasteiger partial charge is 0.492 e. The van der Waals surface area contributed by atoms with E-state index in [1.807, 2.05) is 76.5 Å². The van der Waals surface area contributed by atoms with Crippen LogP contribution in [0.1, 0.15) is 121 Å². The molecule has 4 aromatic rings. The van der Waals surface area contributed by atoms with E-state index in [2.05, 4.69) is 64.5 Å². The van der Waals surface area contributed by atoms with Crippen LogP contribution in [0.15, 0.2) is 72.2 Å². The van der Waals surface area contributed by atoms with Gasteiger partial charge in [-0.15, -0.1) is 11.3 Å². The third-order valence-electron chi connectivity index (χ3n) is 16.3. The van der Waals surface area contributed by atoms with E-state index in [9.17, 15) is 29.5 Å². The Morgan fingerprint density at radius 1 is 0.935 bits per heavy atom. The van der Waals surface area contributed by atoms with Gasteiger partial charge in [-0.05, 0) is 79.6 Å². The van der Waals surface area contributed by atoms with E-state index in [0.717, 1.165) is 80.1 Å². The van der Waals surface area contributed by atoms with Crippen LogP contribution in [0.3, 0.4) is 0 Å². The minimum Gasteiger partial charge on any atom is -0.492 e. The van der Waals surface area contributed by atoms with Gasteiger partial charge in [-0.25, -0.2) is 4.98 Å². The van der Waals surface area contributed by atoms with Crippen molar-refractivity contribution in [2.45, 2.75) is 143 Å². The van der Waals surface area contributed by atoms with Gasteiger partial charge in [-0.2, -0.15) is 5.26 Å². The molecular weight excluding hydrogens is 1020 g/mol. The monoisotopic (exact) mass is 1090 g/mol. The number of piperazine rings is 1. The third kappa shape index (κ3) is 13.3. The topological polar surface area (TPSA) is 199 Å². The summed E-state index contributed by atoms with van der Waals surface area (Å²) in [6.45, 7) is 22.3. The number of halogens is 1. The fourth-order valence-corrected chi connectivity index (χ4v) is 13.2. The fraction of sp³-hybridized carbons (Fsp3) is 0.559. The number of carbonyl (C=O) groups excluding carboxylic acids is 4. The number of ether oxygens (including phenoxy) is 3. The first kappa shape index (κ1) is 57.6. The number of thiazole rings is 1. The van der Waals surface area contributed by atoms with Crippen LogP contribution in [-0.2, 0) is 19.1 Å². The molecule has 2 aliphatic heterocycles. The quantitative estimate of drug-likeness (QED) is 0.0752. The zero-order chi connectivity index (χ0) is 55.4. The standard InChI is InChI=1S/C59H77ClN8O8S/c1-36(38-14-16-39(17-15-38)50-37(2)62-35-77-50)63-53(72)47-30-42(69)33-68(47)54(73)51(57(3,4)5)64-49(70)34-75-48-13-11-10-12-46(48)67-26-24-66(25-27-67)28-29-74-43-21-18-40(19-22-43)52(71)65-55-58(6,7)56(59(55,8)9)76-44-23-20-41(32-61)45(60)31-44/h14-23,31,35-36,42,46-48,51,55-56,69H,10-13,24-30,33-34H2,1-9H3,(H,63,72)(H,64,70)(H,65,71)/t36-,42+,46+,47-,48+,51?,55?,56?/m0/s1. The predicted octanol–water partition coefficient (Wildman–Crippen LogP) is 7.95. The molecule has 3 aromatic carbocycles. The molecule has 2 saturated heterocycles. The highest BCUT2D eigenvalue weighted by Crippen LogP contribution is 2.55. The summed E-state index contributed by atoms with van der Waals surface area (Å²) in [4.78, 5) is 67.1. The number of nitriles is 1. The second kappa shape index (κ2) is 24.2. The molecule has 4 amide bonds. The number of benzene rings is 3. The molecular formula is C59H77ClN8O8S. The number of aliphatic hydroxyl groups excluding tert-OH is 1. The molecule has 6 atom stereocenters. The Morgan fingerprint density at radius 2 is 1.61 bits per heavy atom. The van der Waals surface area contributed by atoms with E-state index in [4.69, 9.17) is 25.8 Å². The molecule has 8 rings (SSSR count). The molecule has 2 aliphatic carbocycles. The molecule has 77 heavy (non-hydrogen) atoms. The molecule has 16 nitrogen and oxygen atoms in total. The second-order valence-corrected chi connectivity index (χ2v) is 24.9. The third-order valence-corrected chi connectivity index (χ3v) is 17.5. The van der Waals surface area contributed by atoms with Gasteiger partial charge in [0, 0.05) is 80.2 Å². The molecule has 18 heteroatoms. The van der Waals surface area contributed by atoms with Gasteiger partial charge in [0.2, 0.25) is 17.7 Å². The smallest absolute Gasteiger partial charge is 0.251 e. The minimum atomic E-state index is -0.956. The number of nitrogens with zero attached hydrogens (tertiary/aromatic N) is 5. The Labute approximate surface area is 463 Å². The van der Waals surface area contributed by atoms with Gasteiger partial charge < -0.3 is 40.2 Å². The van der Waals surface area contributed by atoms with Crippen LogP contribution < -0.4 is 25.4 Å². The summed E-state index contributed by atoms with van der Waals surface area (Å²) in [6, 6.07) is 20.2. The highest BCUT2D eigenvalue weighted by molar-refractivity contribution is 7.13. The molecule has 414 valence electrons. The lowest BCUT2D eigenvalue weighted by atomic mass is 9.49. The molecule has 1 unspecified atom stereocenters. The summed E-state index contributed by atoms with van der Waals surface area (Å²) in [5, 5.41) is 29.7. The maximum Gasteiger partial charge on any atom is 0.251 e. The molecule has 0 bridgehead atoms. The first-order valence-corrected chi connectivity index (χ1v) is 28.4. The lowest BCUT2D eigenvalue weighted by Gasteiger charge is -2.63. The van der Waals surface area contributed by atoms with Crippen molar-refractivity contribution in [2.24, 2.45) is 16.2 Å². The summed E-state index contributed by atoms with van der Waals surface area (Å²) >= 11 is 7.85. The van der Waals surface area contributed by atoms with Crippen LogP contribution in [0.25, 0.3) is 10.4 Å². The lowest BCUT2D eigenvalue weighted by Crippen LogP contribution is -2.74. The highest BCUT2D eigenvalue weighted by atomic mass is 35.5. The van der Waals surface area contributed by atoms with E-state index in [0.29, 0.717) is 34.3 Å². The highest BCUT2D eigenvalue weighted by Gasteiger charge is 2.64. The zero-order valence-electron chi connectivity index (χ0n) is 46.1. The Balaban J connectivity index is 0.764. The Morgan fingerprint density at radius 3 is 2.25 bits per heavy atom. The Hall–Kier alpha value is -5.61. The predicted molar refractivity (Wildman–Crippen MR) is 298 cm³/mol. The van der Waals surface area contributed by atoms with Gasteiger partial charge in [-0.3, -0.25) is 29.0 Å². The number of aryl methyl sites for hydroxylation is 1. The van der Waals surface area contributed by atoms with Crippen molar-refractivity contribution < 1.29 is 38.5 Å². The molecule has 4 fully saturated rings. The zero-order valence-corrected chi connectivity index (χ0v) is 47.6. The number of amides is 4. The summed E-state index contributed by atoms with van der Waals surface area (Å²) in [6.07, 6.45) is 2.80. The molecule has 0 spiro atoms. The van der Waals surface area contributed by atoms with Gasteiger partial charge >= 0.3 is 0 Å². The van der Waals surface area contributed by atoms with E-state index < -0.39 is 35.4 Å². The molecule has 3 heterocycles. The summed E-state index contributed by atoms with van der Waals surface area (Å²) in [7, 11) is 0. The average Bonchev–Trinajstić information content (AvgIpc) is 4.04. The van der Waals surface area contributed by atoms with Crippen LogP contribution in [-0.4, -0.2) is 143 Å². The Bertz CT molecular complexity index is 2750. The number of carbonyl (C=O) groups is 4. The van der Waals surface area contributed by atoms with Crippen LogP contribution >= 0.6 is 22.9 Å².